The molecule has 1 unspecified atom stereocenters. The molecule has 0 heterocycles. The number of rotatable bonds is 45. The maximum Gasteiger partial charge on any atom is 0.305 e. The average molecular weight is 743 g/mol. The summed E-state index contributed by atoms with van der Waals surface area (Å²) in [7, 11) is 0. The fourth-order valence-electron chi connectivity index (χ4n) is 3.98. The van der Waals surface area contributed by atoms with E-state index in [9.17, 15) is 4.79 Å². The molecule has 0 aromatic rings. The number of carbonyl (C=O) groups is 1. The molecule has 0 rings (SSSR count). The lowest BCUT2D eigenvalue weighted by Crippen LogP contribution is -2.16. The van der Waals surface area contributed by atoms with Crippen LogP contribution in [0.4, 0.5) is 0 Å². The quantitative estimate of drug-likeness (QED) is 0.0653. The van der Waals surface area contributed by atoms with Crippen LogP contribution in [-0.4, -0.2) is 171 Å². The summed E-state index contributed by atoms with van der Waals surface area (Å²) in [6.45, 7) is 19.3. The Morgan fingerprint density at radius 2 is 0.647 bits per heavy atom. The third kappa shape index (κ3) is 45.1. The summed E-state index contributed by atoms with van der Waals surface area (Å²) < 4.78 is 70.9. The van der Waals surface area contributed by atoms with E-state index >= 15 is 0 Å². The second-order valence-corrected chi connectivity index (χ2v) is 11.7. The van der Waals surface area contributed by atoms with E-state index in [1.807, 2.05) is 0 Å². The Hall–Kier alpha value is -1.01. The highest BCUT2D eigenvalue weighted by Crippen LogP contribution is 2.05. The zero-order valence-corrected chi connectivity index (χ0v) is 32.4. The molecule has 0 bridgehead atoms. The summed E-state index contributed by atoms with van der Waals surface area (Å²) in [5.41, 5.74) is 0. The molecule has 306 valence electrons. The van der Waals surface area contributed by atoms with E-state index in [2.05, 4.69) is 20.8 Å². The molecular formula is C37H74O14. The van der Waals surface area contributed by atoms with Gasteiger partial charge in [-0.15, -0.1) is 0 Å². The highest BCUT2D eigenvalue weighted by Gasteiger charge is 2.03. The van der Waals surface area contributed by atoms with Crippen LogP contribution in [0.2, 0.25) is 0 Å². The molecule has 0 saturated heterocycles. The minimum atomic E-state index is -0.147. The first-order valence-corrected chi connectivity index (χ1v) is 19.3. The van der Waals surface area contributed by atoms with Crippen LogP contribution in [0, 0.1) is 5.92 Å². The van der Waals surface area contributed by atoms with Gasteiger partial charge in [-0.3, -0.25) is 4.79 Å². The van der Waals surface area contributed by atoms with Crippen molar-refractivity contribution in [1.82, 2.24) is 0 Å². The van der Waals surface area contributed by atoms with Gasteiger partial charge in [-0.25, -0.2) is 0 Å². The van der Waals surface area contributed by atoms with Crippen LogP contribution < -0.4 is 0 Å². The van der Waals surface area contributed by atoms with E-state index in [1.54, 1.807) is 0 Å². The highest BCUT2D eigenvalue weighted by atomic mass is 16.6. The van der Waals surface area contributed by atoms with Gasteiger partial charge < -0.3 is 61.6 Å². The van der Waals surface area contributed by atoms with Crippen molar-refractivity contribution in [3.8, 4) is 0 Å². The van der Waals surface area contributed by atoms with Gasteiger partial charge in [0.15, 0.2) is 0 Å². The normalized spacial score (nSPS) is 12.1. The molecule has 0 fully saturated rings. The number of esters is 1. The van der Waals surface area contributed by atoms with Gasteiger partial charge in [0.25, 0.3) is 0 Å². The van der Waals surface area contributed by atoms with Crippen molar-refractivity contribution in [1.29, 1.82) is 0 Å². The lowest BCUT2D eigenvalue weighted by atomic mass is 10.1. The highest BCUT2D eigenvalue weighted by molar-refractivity contribution is 5.69. The van der Waals surface area contributed by atoms with E-state index in [-0.39, 0.29) is 12.6 Å². The standard InChI is InChI=1S/C37H74O14/c1-4-6-7-8-9-10-37(38)51-34-33-49-30-29-47-26-25-45-22-21-43-18-17-41-14-13-39-11-12-40-15-16-42-19-20-44-23-24-46-27-28-48-31-32-50-35-36(3)5-2/h36H,4-35H2,1-3H3. The van der Waals surface area contributed by atoms with Crippen LogP contribution in [0.1, 0.15) is 65.7 Å². The zero-order chi connectivity index (χ0) is 37.0. The molecule has 0 spiro atoms. The molecule has 0 aliphatic carbocycles. The summed E-state index contributed by atoms with van der Waals surface area (Å²) in [4.78, 5) is 11.6. The molecular weight excluding hydrogens is 668 g/mol. The van der Waals surface area contributed by atoms with Crippen LogP contribution in [0.25, 0.3) is 0 Å². The number of hydrogen-bond acceptors (Lipinski definition) is 14. The van der Waals surface area contributed by atoms with Crippen molar-refractivity contribution in [2.24, 2.45) is 5.92 Å². The first-order valence-electron chi connectivity index (χ1n) is 19.3. The van der Waals surface area contributed by atoms with Gasteiger partial charge in [0.2, 0.25) is 0 Å². The van der Waals surface area contributed by atoms with Gasteiger partial charge >= 0.3 is 5.97 Å². The summed E-state index contributed by atoms with van der Waals surface area (Å²) >= 11 is 0. The fourth-order valence-corrected chi connectivity index (χ4v) is 3.98. The Kier molecular flexibility index (Phi) is 44.3. The second kappa shape index (κ2) is 45.1. The molecule has 0 aliphatic heterocycles. The van der Waals surface area contributed by atoms with Gasteiger partial charge in [-0.1, -0.05) is 52.9 Å². The Bertz CT molecular complexity index is 661. The predicted octanol–water partition coefficient (Wildman–Crippen LogP) is 4.14. The minimum Gasteiger partial charge on any atom is -0.463 e. The van der Waals surface area contributed by atoms with E-state index in [0.29, 0.717) is 164 Å². The first-order chi connectivity index (χ1) is 25.2. The topological polar surface area (TPSA) is 137 Å². The van der Waals surface area contributed by atoms with Crippen LogP contribution in [0.5, 0.6) is 0 Å². The molecule has 0 saturated carbocycles. The van der Waals surface area contributed by atoms with Crippen molar-refractivity contribution in [3.05, 3.63) is 0 Å². The second-order valence-electron chi connectivity index (χ2n) is 11.7. The van der Waals surface area contributed by atoms with Crippen molar-refractivity contribution in [2.75, 3.05) is 165 Å². The molecule has 14 nitrogen and oxygen atoms in total. The average Bonchev–Trinajstić information content (AvgIpc) is 3.14. The van der Waals surface area contributed by atoms with Gasteiger partial charge in [0.1, 0.15) is 6.61 Å². The zero-order valence-electron chi connectivity index (χ0n) is 32.4. The lowest BCUT2D eigenvalue weighted by molar-refractivity contribution is -0.145. The number of hydrogen-bond donors (Lipinski definition) is 0. The van der Waals surface area contributed by atoms with Crippen LogP contribution in [0.3, 0.4) is 0 Å². The molecule has 0 aromatic heterocycles. The smallest absolute Gasteiger partial charge is 0.305 e. The molecule has 0 N–H and O–H groups in total. The molecule has 0 amide bonds. The van der Waals surface area contributed by atoms with Gasteiger partial charge in [0.05, 0.1) is 152 Å². The van der Waals surface area contributed by atoms with E-state index in [4.69, 9.17) is 61.6 Å². The van der Waals surface area contributed by atoms with E-state index < -0.39 is 0 Å². The SMILES string of the molecule is CCCCCCCC(=O)OCCOCCOCCOCCOCCOCCOCCOCCOCCOCCOCCOCCOCC(C)CC. The Balaban J connectivity index is 3.09. The van der Waals surface area contributed by atoms with Gasteiger partial charge in [-0.05, 0) is 12.3 Å². The number of unbranched alkanes of at least 4 members (excludes halogenated alkanes) is 4. The van der Waals surface area contributed by atoms with Crippen LogP contribution in [-0.2, 0) is 66.4 Å². The third-order valence-electron chi connectivity index (χ3n) is 7.17. The number of carbonyl (C=O) groups excluding carboxylic acids is 1. The third-order valence-corrected chi connectivity index (χ3v) is 7.17. The summed E-state index contributed by atoms with van der Waals surface area (Å²) in [6.07, 6.45) is 7.20. The molecule has 14 heteroatoms. The lowest BCUT2D eigenvalue weighted by Gasteiger charge is -2.10. The molecule has 0 aromatic carbocycles. The van der Waals surface area contributed by atoms with Gasteiger partial charge in [-0.2, -0.15) is 0 Å². The van der Waals surface area contributed by atoms with Crippen LogP contribution >= 0.6 is 0 Å². The summed E-state index contributed by atoms with van der Waals surface area (Å²) in [6, 6.07) is 0. The summed E-state index contributed by atoms with van der Waals surface area (Å²) in [5, 5.41) is 0. The largest absolute Gasteiger partial charge is 0.463 e. The Morgan fingerprint density at radius 3 is 0.941 bits per heavy atom. The monoisotopic (exact) mass is 743 g/mol. The van der Waals surface area contributed by atoms with Crippen molar-refractivity contribution >= 4 is 5.97 Å². The van der Waals surface area contributed by atoms with E-state index in [1.165, 1.54) is 19.3 Å². The maximum absolute atomic E-state index is 11.6. The fraction of sp³-hybridized carbons (Fsp3) is 0.973. The molecule has 51 heavy (non-hydrogen) atoms. The predicted molar refractivity (Wildman–Crippen MR) is 194 cm³/mol. The van der Waals surface area contributed by atoms with Crippen molar-refractivity contribution < 1.29 is 66.4 Å². The molecule has 0 aliphatic rings. The minimum absolute atomic E-state index is 0.147. The van der Waals surface area contributed by atoms with Crippen molar-refractivity contribution in [3.63, 3.8) is 0 Å². The van der Waals surface area contributed by atoms with Crippen molar-refractivity contribution in [2.45, 2.75) is 65.7 Å². The van der Waals surface area contributed by atoms with Gasteiger partial charge in [0, 0.05) is 13.0 Å². The first kappa shape index (κ1) is 50.0. The van der Waals surface area contributed by atoms with Crippen LogP contribution in [0.15, 0.2) is 0 Å². The molecule has 0 radical (unpaired) electrons. The Labute approximate surface area is 309 Å². The maximum atomic E-state index is 11.6. The van der Waals surface area contributed by atoms with E-state index in [0.717, 1.165) is 25.9 Å². The number of ether oxygens (including phenoxy) is 13. The Morgan fingerprint density at radius 1 is 0.373 bits per heavy atom. The molecule has 1 atom stereocenters. The summed E-state index contributed by atoms with van der Waals surface area (Å²) in [5.74, 6) is 0.447.